The molecule has 0 aromatic carbocycles. The van der Waals surface area contributed by atoms with Crippen LogP contribution in [0.3, 0.4) is 0 Å². The molecule has 0 rings (SSSR count). The van der Waals surface area contributed by atoms with E-state index in [0.29, 0.717) is 6.42 Å². The number of sulfonamides is 1. The molecule has 0 saturated heterocycles. The summed E-state index contributed by atoms with van der Waals surface area (Å²) in [6, 6.07) is 0.0214. The van der Waals surface area contributed by atoms with E-state index in [4.69, 9.17) is 0 Å². The lowest BCUT2D eigenvalue weighted by atomic mass is 10.1. The fourth-order valence-corrected chi connectivity index (χ4v) is 3.27. The normalized spacial score (nSPS) is 13.2. The van der Waals surface area contributed by atoms with Crippen molar-refractivity contribution in [3.8, 4) is 0 Å². The Morgan fingerprint density at radius 2 is 1.84 bits per heavy atom. The van der Waals surface area contributed by atoms with E-state index in [9.17, 15) is 13.2 Å². The molecule has 0 fully saturated rings. The fourth-order valence-electron chi connectivity index (χ4n) is 1.88. The van der Waals surface area contributed by atoms with Crippen molar-refractivity contribution in [3.05, 3.63) is 0 Å². The van der Waals surface area contributed by atoms with Gasteiger partial charge in [0, 0.05) is 12.5 Å². The molecular formula is C13H27NO4S. The van der Waals surface area contributed by atoms with Gasteiger partial charge in [0.25, 0.3) is 0 Å². The third kappa shape index (κ3) is 9.90. The molecule has 0 amide bonds. The number of carbonyl (C=O) groups is 1. The quantitative estimate of drug-likeness (QED) is 0.593. The number of ether oxygens (including phenoxy) is 1. The van der Waals surface area contributed by atoms with Crippen molar-refractivity contribution >= 4 is 16.0 Å². The van der Waals surface area contributed by atoms with Crippen LogP contribution in [0.15, 0.2) is 0 Å². The van der Waals surface area contributed by atoms with Crippen LogP contribution in [-0.4, -0.2) is 33.3 Å². The standard InChI is InChI=1S/C13H27NO4S/c1-4-6-9-12(8-5-2)14-19(16,17)11-7-10-13(15)18-3/h12,14H,4-11H2,1-3H3. The van der Waals surface area contributed by atoms with E-state index in [1.54, 1.807) is 0 Å². The molecule has 0 aliphatic rings. The second-order valence-corrected chi connectivity index (χ2v) is 6.62. The Hall–Kier alpha value is -0.620. The maximum absolute atomic E-state index is 11.9. The van der Waals surface area contributed by atoms with Gasteiger partial charge in [0.2, 0.25) is 10.0 Å². The molecule has 0 bridgehead atoms. The first-order valence-electron chi connectivity index (χ1n) is 7.02. The van der Waals surface area contributed by atoms with Gasteiger partial charge in [0.15, 0.2) is 0 Å². The third-order valence-corrected chi connectivity index (χ3v) is 4.43. The molecule has 0 saturated carbocycles. The van der Waals surface area contributed by atoms with Crippen LogP contribution in [0.1, 0.15) is 58.8 Å². The zero-order chi connectivity index (χ0) is 14.7. The number of hydrogen-bond donors (Lipinski definition) is 1. The number of rotatable bonds is 11. The van der Waals surface area contributed by atoms with Crippen LogP contribution in [-0.2, 0) is 19.6 Å². The van der Waals surface area contributed by atoms with Crippen LogP contribution in [0.25, 0.3) is 0 Å². The van der Waals surface area contributed by atoms with Crippen LogP contribution in [0.2, 0.25) is 0 Å². The van der Waals surface area contributed by atoms with Crippen molar-refractivity contribution in [2.45, 2.75) is 64.8 Å². The van der Waals surface area contributed by atoms with Crippen molar-refractivity contribution < 1.29 is 17.9 Å². The van der Waals surface area contributed by atoms with Gasteiger partial charge in [0.1, 0.15) is 0 Å². The van der Waals surface area contributed by atoms with Crippen LogP contribution in [0, 0.1) is 0 Å². The number of methoxy groups -OCH3 is 1. The second kappa shape index (κ2) is 10.2. The maximum Gasteiger partial charge on any atom is 0.305 e. The smallest absolute Gasteiger partial charge is 0.305 e. The summed E-state index contributed by atoms with van der Waals surface area (Å²) in [4.78, 5) is 10.9. The molecule has 0 spiro atoms. The molecule has 1 atom stereocenters. The topological polar surface area (TPSA) is 72.5 Å². The first kappa shape index (κ1) is 18.4. The third-order valence-electron chi connectivity index (χ3n) is 2.91. The van der Waals surface area contributed by atoms with E-state index in [1.165, 1.54) is 7.11 Å². The Kier molecular flexibility index (Phi) is 9.87. The van der Waals surface area contributed by atoms with Gasteiger partial charge in [0.05, 0.1) is 12.9 Å². The summed E-state index contributed by atoms with van der Waals surface area (Å²) < 4.78 is 31.0. The van der Waals surface area contributed by atoms with Gasteiger partial charge in [-0.15, -0.1) is 0 Å². The molecule has 1 unspecified atom stereocenters. The molecule has 0 aromatic heterocycles. The van der Waals surface area contributed by atoms with Crippen molar-refractivity contribution in [1.82, 2.24) is 4.72 Å². The number of unbranched alkanes of at least 4 members (excludes halogenated alkanes) is 1. The van der Waals surface area contributed by atoms with E-state index in [0.717, 1.165) is 32.1 Å². The Bertz CT molecular complexity index is 341. The first-order valence-corrected chi connectivity index (χ1v) is 8.67. The van der Waals surface area contributed by atoms with Gasteiger partial charge in [-0.3, -0.25) is 4.79 Å². The van der Waals surface area contributed by atoms with Gasteiger partial charge in [-0.1, -0.05) is 33.1 Å². The minimum absolute atomic E-state index is 0.0194. The van der Waals surface area contributed by atoms with Crippen molar-refractivity contribution in [1.29, 1.82) is 0 Å². The molecular weight excluding hydrogens is 266 g/mol. The number of nitrogens with one attached hydrogen (secondary N) is 1. The van der Waals surface area contributed by atoms with Crippen LogP contribution >= 0.6 is 0 Å². The highest BCUT2D eigenvalue weighted by atomic mass is 32.2. The monoisotopic (exact) mass is 293 g/mol. The zero-order valence-corrected chi connectivity index (χ0v) is 13.1. The number of esters is 1. The lowest BCUT2D eigenvalue weighted by Crippen LogP contribution is -2.36. The minimum Gasteiger partial charge on any atom is -0.469 e. The summed E-state index contributed by atoms with van der Waals surface area (Å²) in [5.74, 6) is -0.389. The van der Waals surface area contributed by atoms with E-state index < -0.39 is 10.0 Å². The van der Waals surface area contributed by atoms with Gasteiger partial charge in [-0.25, -0.2) is 13.1 Å². The Morgan fingerprint density at radius 1 is 1.16 bits per heavy atom. The van der Waals surface area contributed by atoms with Gasteiger partial charge in [-0.05, 0) is 19.3 Å². The summed E-state index contributed by atoms with van der Waals surface area (Å²) >= 11 is 0. The first-order chi connectivity index (χ1) is 8.95. The molecule has 0 aliphatic carbocycles. The zero-order valence-electron chi connectivity index (χ0n) is 12.3. The Balaban J connectivity index is 4.18. The molecule has 1 N–H and O–H groups in total. The average molecular weight is 293 g/mol. The van der Waals surface area contributed by atoms with Crippen molar-refractivity contribution in [3.63, 3.8) is 0 Å². The largest absolute Gasteiger partial charge is 0.469 e. The van der Waals surface area contributed by atoms with Gasteiger partial charge in [-0.2, -0.15) is 0 Å². The molecule has 6 heteroatoms. The van der Waals surface area contributed by atoms with Gasteiger partial charge < -0.3 is 4.74 Å². The SMILES string of the molecule is CCCCC(CCC)NS(=O)(=O)CCCC(=O)OC. The van der Waals surface area contributed by atoms with E-state index in [1.807, 2.05) is 6.92 Å². The lowest BCUT2D eigenvalue weighted by molar-refractivity contribution is -0.140. The Labute approximate surface area is 117 Å². The van der Waals surface area contributed by atoms with Crippen molar-refractivity contribution in [2.75, 3.05) is 12.9 Å². The molecule has 114 valence electrons. The van der Waals surface area contributed by atoms with Crippen LogP contribution < -0.4 is 4.72 Å². The predicted molar refractivity (Wildman–Crippen MR) is 76.4 cm³/mol. The number of carbonyl (C=O) groups excluding carboxylic acids is 1. The maximum atomic E-state index is 11.9. The predicted octanol–water partition coefficient (Wildman–Crippen LogP) is 2.22. The minimum atomic E-state index is -3.30. The van der Waals surface area contributed by atoms with Gasteiger partial charge >= 0.3 is 5.97 Å². The molecule has 5 nitrogen and oxygen atoms in total. The fraction of sp³-hybridized carbons (Fsp3) is 0.923. The van der Waals surface area contributed by atoms with E-state index >= 15 is 0 Å². The Morgan fingerprint density at radius 3 is 2.37 bits per heavy atom. The summed E-state index contributed by atoms with van der Waals surface area (Å²) in [6.45, 7) is 4.14. The highest BCUT2D eigenvalue weighted by molar-refractivity contribution is 7.89. The summed E-state index contributed by atoms with van der Waals surface area (Å²) in [6.07, 6.45) is 5.22. The molecule has 0 aliphatic heterocycles. The average Bonchev–Trinajstić information content (AvgIpc) is 2.35. The van der Waals surface area contributed by atoms with Crippen LogP contribution in [0.4, 0.5) is 0 Å². The summed E-state index contributed by atoms with van der Waals surface area (Å²) in [7, 11) is -1.99. The summed E-state index contributed by atoms with van der Waals surface area (Å²) in [5.41, 5.74) is 0. The van der Waals surface area contributed by atoms with Crippen LogP contribution in [0.5, 0.6) is 0 Å². The molecule has 0 radical (unpaired) electrons. The lowest BCUT2D eigenvalue weighted by Gasteiger charge is -2.17. The highest BCUT2D eigenvalue weighted by Crippen LogP contribution is 2.09. The molecule has 0 heterocycles. The summed E-state index contributed by atoms with van der Waals surface area (Å²) in [5, 5.41) is 0. The van der Waals surface area contributed by atoms with E-state index in [-0.39, 0.29) is 24.2 Å². The second-order valence-electron chi connectivity index (χ2n) is 4.74. The molecule has 19 heavy (non-hydrogen) atoms. The van der Waals surface area contributed by atoms with E-state index in [2.05, 4.69) is 16.4 Å². The van der Waals surface area contributed by atoms with Crippen molar-refractivity contribution in [2.24, 2.45) is 0 Å². The highest BCUT2D eigenvalue weighted by Gasteiger charge is 2.17. The molecule has 0 aromatic rings. The number of hydrogen-bond acceptors (Lipinski definition) is 4.